The van der Waals surface area contributed by atoms with Crippen LogP contribution in [0.4, 0.5) is 17.3 Å². The summed E-state index contributed by atoms with van der Waals surface area (Å²) in [4.78, 5) is 11.5. The molecule has 3 aromatic heterocycles. The van der Waals surface area contributed by atoms with E-state index in [-0.39, 0.29) is 17.5 Å². The number of pyridine rings is 1. The number of aromatic nitrogens is 3. The third-order valence-electron chi connectivity index (χ3n) is 4.07. The van der Waals surface area contributed by atoms with Gasteiger partial charge in [0, 0.05) is 23.7 Å². The molecule has 1 atom stereocenters. The number of nitrogens with two attached hydrogens (primary N) is 1. The molecular weight excluding hydrogens is 324 g/mol. The number of nitrogens with one attached hydrogen (secondary N) is 1. The van der Waals surface area contributed by atoms with Crippen molar-refractivity contribution in [3.63, 3.8) is 0 Å². The topological polar surface area (TPSA) is 72.6 Å². The van der Waals surface area contributed by atoms with Crippen molar-refractivity contribution < 1.29 is 0 Å². The lowest BCUT2D eigenvalue weighted by atomic mass is 10.1. The molecule has 0 spiro atoms. The van der Waals surface area contributed by atoms with E-state index in [0.717, 1.165) is 29.6 Å². The Morgan fingerprint density at radius 3 is 3.00 bits per heavy atom. The maximum Gasteiger partial charge on any atom is 0.268 e. The molecule has 130 valence electrons. The molecule has 0 aromatic carbocycles. The average molecular weight is 344 g/mol. The van der Waals surface area contributed by atoms with E-state index in [1.807, 2.05) is 25.3 Å². The highest BCUT2D eigenvalue weighted by molar-refractivity contribution is 5.76. The van der Waals surface area contributed by atoms with Gasteiger partial charge in [-0.15, -0.1) is 0 Å². The second-order valence-electron chi connectivity index (χ2n) is 5.93. The second kappa shape index (κ2) is 7.58. The maximum atomic E-state index is 7.32. The van der Waals surface area contributed by atoms with Crippen LogP contribution in [0, 0.1) is 18.4 Å². The molecule has 0 saturated heterocycles. The molecular formula is C20H20N6. The SMILES string of the molecule is [C-]#[N+]c1c(N)ncnc1NC(C)c1cc2ccccn2c1C#CCCC. The van der Waals surface area contributed by atoms with Crippen molar-refractivity contribution in [2.75, 3.05) is 11.1 Å². The van der Waals surface area contributed by atoms with Crippen LogP contribution in [-0.2, 0) is 0 Å². The zero-order valence-electron chi connectivity index (χ0n) is 14.8. The molecule has 26 heavy (non-hydrogen) atoms. The zero-order chi connectivity index (χ0) is 18.5. The summed E-state index contributed by atoms with van der Waals surface area (Å²) in [5.74, 6) is 7.14. The van der Waals surface area contributed by atoms with E-state index in [0.29, 0.717) is 5.82 Å². The Kier molecular flexibility index (Phi) is 5.05. The van der Waals surface area contributed by atoms with Crippen LogP contribution < -0.4 is 11.1 Å². The van der Waals surface area contributed by atoms with Gasteiger partial charge < -0.3 is 15.5 Å². The lowest BCUT2D eigenvalue weighted by Crippen LogP contribution is -2.10. The molecule has 0 aliphatic rings. The molecule has 3 aromatic rings. The van der Waals surface area contributed by atoms with Crippen LogP contribution in [0.25, 0.3) is 10.4 Å². The normalized spacial score (nSPS) is 11.4. The molecule has 0 fully saturated rings. The lowest BCUT2D eigenvalue weighted by Gasteiger charge is -2.15. The monoisotopic (exact) mass is 344 g/mol. The molecule has 0 aliphatic carbocycles. The Hall–Kier alpha value is -3.51. The van der Waals surface area contributed by atoms with E-state index < -0.39 is 0 Å². The molecule has 0 aliphatic heterocycles. The summed E-state index contributed by atoms with van der Waals surface area (Å²) < 4.78 is 2.08. The molecule has 3 rings (SSSR count). The molecule has 1 unspecified atom stereocenters. The maximum absolute atomic E-state index is 7.32. The van der Waals surface area contributed by atoms with Crippen LogP contribution in [0.5, 0.6) is 0 Å². The molecule has 6 nitrogen and oxygen atoms in total. The third-order valence-corrected chi connectivity index (χ3v) is 4.07. The van der Waals surface area contributed by atoms with Crippen molar-refractivity contribution >= 4 is 22.8 Å². The van der Waals surface area contributed by atoms with Crippen LogP contribution >= 0.6 is 0 Å². The molecule has 0 saturated carbocycles. The smallest absolute Gasteiger partial charge is 0.268 e. The summed E-state index contributed by atoms with van der Waals surface area (Å²) in [6.07, 6.45) is 5.24. The highest BCUT2D eigenvalue weighted by Crippen LogP contribution is 2.31. The first-order valence-corrected chi connectivity index (χ1v) is 8.49. The summed E-state index contributed by atoms with van der Waals surface area (Å²) in [5.41, 5.74) is 9.09. The highest BCUT2D eigenvalue weighted by atomic mass is 15.1. The summed E-state index contributed by atoms with van der Waals surface area (Å²) in [6.45, 7) is 11.4. The number of nitrogens with zero attached hydrogens (tertiary/aromatic N) is 4. The van der Waals surface area contributed by atoms with Crippen molar-refractivity contribution in [2.45, 2.75) is 32.7 Å². The fraction of sp³-hybridized carbons (Fsp3) is 0.250. The first-order valence-electron chi connectivity index (χ1n) is 8.49. The van der Waals surface area contributed by atoms with Gasteiger partial charge in [-0.05, 0) is 37.5 Å². The standard InChI is InChI=1S/C20H20N6/c1-4-5-6-10-17-16(12-15-9-7-8-11-26(15)17)14(2)25-20-18(22-3)19(21)23-13-24-20/h7-9,11-14H,4-5H2,1-2H3,(H3,21,23,24,25). The van der Waals surface area contributed by atoms with E-state index in [1.54, 1.807) is 0 Å². The van der Waals surface area contributed by atoms with Gasteiger partial charge in [-0.25, -0.2) is 14.8 Å². The predicted molar refractivity (Wildman–Crippen MR) is 104 cm³/mol. The molecule has 3 N–H and O–H groups in total. The van der Waals surface area contributed by atoms with Gasteiger partial charge in [0.25, 0.3) is 5.69 Å². The average Bonchev–Trinajstić information content (AvgIpc) is 3.01. The summed E-state index contributed by atoms with van der Waals surface area (Å²) in [5, 5.41) is 3.28. The Morgan fingerprint density at radius 1 is 1.38 bits per heavy atom. The minimum Gasteiger partial charge on any atom is -0.392 e. The Balaban J connectivity index is 2.02. The van der Waals surface area contributed by atoms with Crippen LogP contribution in [0.15, 0.2) is 36.8 Å². The van der Waals surface area contributed by atoms with Gasteiger partial charge in [-0.1, -0.05) is 18.9 Å². The molecule has 3 heterocycles. The summed E-state index contributed by atoms with van der Waals surface area (Å²) in [7, 11) is 0. The highest BCUT2D eigenvalue weighted by Gasteiger charge is 2.17. The molecule has 0 amide bonds. The van der Waals surface area contributed by atoms with Crippen LogP contribution in [0.2, 0.25) is 0 Å². The number of hydrogen-bond donors (Lipinski definition) is 2. The van der Waals surface area contributed by atoms with Crippen LogP contribution in [0.1, 0.15) is 44.0 Å². The summed E-state index contributed by atoms with van der Waals surface area (Å²) in [6, 6.07) is 8.05. The minimum atomic E-state index is -0.101. The van der Waals surface area contributed by atoms with Crippen molar-refractivity contribution in [1.82, 2.24) is 14.4 Å². The van der Waals surface area contributed by atoms with Gasteiger partial charge >= 0.3 is 0 Å². The largest absolute Gasteiger partial charge is 0.392 e. The fourth-order valence-corrected chi connectivity index (χ4v) is 2.77. The van der Waals surface area contributed by atoms with Gasteiger partial charge in [-0.2, -0.15) is 0 Å². The predicted octanol–water partition coefficient (Wildman–Crippen LogP) is 4.19. The first kappa shape index (κ1) is 17.3. The van der Waals surface area contributed by atoms with Gasteiger partial charge in [0.1, 0.15) is 23.7 Å². The number of rotatable bonds is 4. The van der Waals surface area contributed by atoms with Crippen molar-refractivity contribution in [3.8, 4) is 11.8 Å². The lowest BCUT2D eigenvalue weighted by molar-refractivity contribution is 0.868. The molecule has 6 heteroatoms. The third kappa shape index (κ3) is 3.31. The molecule has 0 bridgehead atoms. The first-order chi connectivity index (χ1) is 12.7. The zero-order valence-corrected chi connectivity index (χ0v) is 14.8. The van der Waals surface area contributed by atoms with Gasteiger partial charge in [-0.3, -0.25) is 0 Å². The van der Waals surface area contributed by atoms with E-state index in [9.17, 15) is 0 Å². The van der Waals surface area contributed by atoms with E-state index in [2.05, 4.69) is 55.4 Å². The Labute approximate surface area is 152 Å². The number of unbranched alkanes of at least 4 members (excludes halogenated alkanes) is 1. The van der Waals surface area contributed by atoms with Gasteiger partial charge in [0.2, 0.25) is 0 Å². The van der Waals surface area contributed by atoms with Gasteiger partial charge in [0.15, 0.2) is 0 Å². The van der Waals surface area contributed by atoms with E-state index in [4.69, 9.17) is 12.3 Å². The Bertz CT molecular complexity index is 1030. The van der Waals surface area contributed by atoms with Crippen molar-refractivity contribution in [1.29, 1.82) is 0 Å². The van der Waals surface area contributed by atoms with E-state index in [1.165, 1.54) is 6.33 Å². The minimum absolute atomic E-state index is 0.101. The van der Waals surface area contributed by atoms with E-state index >= 15 is 0 Å². The van der Waals surface area contributed by atoms with Gasteiger partial charge in [0.05, 0.1) is 12.6 Å². The number of nitrogen functional groups attached to an aromatic ring is 1. The van der Waals surface area contributed by atoms with Crippen molar-refractivity contribution in [3.05, 3.63) is 59.5 Å². The fourth-order valence-electron chi connectivity index (χ4n) is 2.77. The van der Waals surface area contributed by atoms with Crippen molar-refractivity contribution in [2.24, 2.45) is 0 Å². The van der Waals surface area contributed by atoms with Crippen LogP contribution in [0.3, 0.4) is 0 Å². The molecule has 0 radical (unpaired) electrons. The number of anilines is 2. The number of hydrogen-bond acceptors (Lipinski definition) is 4. The Morgan fingerprint density at radius 2 is 2.23 bits per heavy atom. The van der Waals surface area contributed by atoms with Crippen LogP contribution in [-0.4, -0.2) is 14.4 Å². The number of fused-ring (bicyclic) bond motifs is 1. The second-order valence-corrected chi connectivity index (χ2v) is 5.93. The quantitative estimate of drug-likeness (QED) is 0.550. The summed E-state index contributed by atoms with van der Waals surface area (Å²) >= 11 is 0.